The van der Waals surface area contributed by atoms with E-state index in [4.69, 9.17) is 0 Å². The van der Waals surface area contributed by atoms with Gasteiger partial charge >= 0.3 is 0 Å². The van der Waals surface area contributed by atoms with E-state index >= 15 is 0 Å². The molecule has 2 N–H and O–H groups in total. The van der Waals surface area contributed by atoms with Gasteiger partial charge in [0.1, 0.15) is 12.3 Å². The van der Waals surface area contributed by atoms with Gasteiger partial charge in [-0.2, -0.15) is 0 Å². The molecule has 0 radical (unpaired) electrons. The smallest absolute Gasteiger partial charge is 0.142 e. The van der Waals surface area contributed by atoms with Crippen LogP contribution in [0, 0.1) is 0 Å². The summed E-state index contributed by atoms with van der Waals surface area (Å²) < 4.78 is 0. The molecule has 0 fully saturated rings. The molecule has 15 heavy (non-hydrogen) atoms. The zero-order chi connectivity index (χ0) is 10.3. The van der Waals surface area contributed by atoms with E-state index in [9.17, 15) is 4.79 Å². The Bertz CT molecular complexity index is 515. The number of benzene rings is 1. The molecule has 3 rings (SSSR count). The van der Waals surface area contributed by atoms with E-state index in [1.807, 2.05) is 12.1 Å². The highest BCUT2D eigenvalue weighted by molar-refractivity contribution is 5.86. The van der Waals surface area contributed by atoms with Crippen molar-refractivity contribution in [2.75, 3.05) is 6.54 Å². The molecule has 2 heterocycles. The topological polar surface area (TPSA) is 44.9 Å². The molecule has 0 spiro atoms. The molecule has 0 aliphatic carbocycles. The van der Waals surface area contributed by atoms with Gasteiger partial charge in [0.25, 0.3) is 0 Å². The van der Waals surface area contributed by atoms with Gasteiger partial charge in [0.15, 0.2) is 0 Å². The van der Waals surface area contributed by atoms with E-state index in [-0.39, 0.29) is 6.04 Å². The lowest BCUT2D eigenvalue weighted by molar-refractivity contribution is -0.109. The molecular formula is C12H12N2O. The number of H-pyrrole nitrogens is 1. The Labute approximate surface area is 87.5 Å². The number of hydrogen-bond acceptors (Lipinski definition) is 2. The molecule has 1 aromatic carbocycles. The highest BCUT2D eigenvalue weighted by Crippen LogP contribution is 2.28. The summed E-state index contributed by atoms with van der Waals surface area (Å²) in [5.74, 6) is 0. The van der Waals surface area contributed by atoms with E-state index in [0.717, 1.165) is 30.5 Å². The first-order chi connectivity index (χ1) is 7.40. The van der Waals surface area contributed by atoms with Crippen molar-refractivity contribution in [3.05, 3.63) is 35.5 Å². The summed E-state index contributed by atoms with van der Waals surface area (Å²) >= 11 is 0. The first-order valence-electron chi connectivity index (χ1n) is 5.18. The van der Waals surface area contributed by atoms with Crippen LogP contribution in [0.2, 0.25) is 0 Å². The van der Waals surface area contributed by atoms with E-state index in [1.165, 1.54) is 10.9 Å². The fraction of sp³-hybridized carbons (Fsp3) is 0.250. The van der Waals surface area contributed by atoms with Crippen molar-refractivity contribution in [3.63, 3.8) is 0 Å². The summed E-state index contributed by atoms with van der Waals surface area (Å²) in [5, 5.41) is 4.44. The van der Waals surface area contributed by atoms with Crippen LogP contribution in [0.15, 0.2) is 24.3 Å². The number of nitrogens with one attached hydrogen (secondary N) is 2. The van der Waals surface area contributed by atoms with Crippen LogP contribution in [0.3, 0.4) is 0 Å². The predicted octanol–water partition coefficient (Wildman–Crippen LogP) is 1.55. The fourth-order valence-corrected chi connectivity index (χ4v) is 2.33. The van der Waals surface area contributed by atoms with Gasteiger partial charge in [-0.1, -0.05) is 18.2 Å². The second-order valence-corrected chi connectivity index (χ2v) is 3.88. The van der Waals surface area contributed by atoms with Gasteiger partial charge in [-0.15, -0.1) is 0 Å². The first kappa shape index (κ1) is 8.68. The van der Waals surface area contributed by atoms with Crippen LogP contribution >= 0.6 is 0 Å². The summed E-state index contributed by atoms with van der Waals surface area (Å²) in [6.07, 6.45) is 1.96. The van der Waals surface area contributed by atoms with Crippen molar-refractivity contribution >= 4 is 17.2 Å². The minimum atomic E-state index is -0.166. The Morgan fingerprint density at radius 2 is 2.20 bits per heavy atom. The van der Waals surface area contributed by atoms with E-state index in [1.54, 1.807) is 0 Å². The van der Waals surface area contributed by atoms with Gasteiger partial charge in [-0.3, -0.25) is 0 Å². The number of aldehydes is 1. The predicted molar refractivity (Wildman–Crippen MR) is 58.8 cm³/mol. The van der Waals surface area contributed by atoms with Crippen LogP contribution in [0.4, 0.5) is 0 Å². The molecule has 3 nitrogen and oxygen atoms in total. The van der Waals surface area contributed by atoms with Crippen LogP contribution in [0.5, 0.6) is 0 Å². The number of rotatable bonds is 1. The van der Waals surface area contributed by atoms with Gasteiger partial charge < -0.3 is 15.1 Å². The van der Waals surface area contributed by atoms with E-state index < -0.39 is 0 Å². The monoisotopic (exact) mass is 200 g/mol. The van der Waals surface area contributed by atoms with Crippen molar-refractivity contribution in [1.82, 2.24) is 10.3 Å². The van der Waals surface area contributed by atoms with E-state index in [2.05, 4.69) is 22.4 Å². The summed E-state index contributed by atoms with van der Waals surface area (Å²) in [4.78, 5) is 14.2. The van der Waals surface area contributed by atoms with Crippen molar-refractivity contribution in [2.45, 2.75) is 12.5 Å². The number of carbonyl (C=O) groups excluding carboxylic acids is 1. The van der Waals surface area contributed by atoms with E-state index in [0.29, 0.717) is 0 Å². The molecule has 1 aliphatic rings. The lowest BCUT2D eigenvalue weighted by Crippen LogP contribution is -2.30. The van der Waals surface area contributed by atoms with Crippen LogP contribution in [0.25, 0.3) is 10.9 Å². The van der Waals surface area contributed by atoms with Crippen LogP contribution in [-0.4, -0.2) is 17.8 Å². The third-order valence-corrected chi connectivity index (χ3v) is 3.03. The molecule has 3 heteroatoms. The van der Waals surface area contributed by atoms with Gasteiger partial charge in [0.05, 0.1) is 0 Å². The maximum absolute atomic E-state index is 10.9. The highest BCUT2D eigenvalue weighted by Gasteiger charge is 2.22. The summed E-state index contributed by atoms with van der Waals surface area (Å²) in [7, 11) is 0. The fourth-order valence-electron chi connectivity index (χ4n) is 2.33. The van der Waals surface area contributed by atoms with Crippen molar-refractivity contribution < 1.29 is 4.79 Å². The minimum absolute atomic E-state index is 0.166. The second-order valence-electron chi connectivity index (χ2n) is 3.88. The van der Waals surface area contributed by atoms with Crippen LogP contribution < -0.4 is 5.32 Å². The Kier molecular flexibility index (Phi) is 1.86. The lowest BCUT2D eigenvalue weighted by Gasteiger charge is -2.19. The Balaban J connectivity index is 2.28. The maximum atomic E-state index is 10.9. The normalized spacial score (nSPS) is 20.1. The molecule has 1 atom stereocenters. The number of aromatic nitrogens is 1. The van der Waals surface area contributed by atoms with Gasteiger partial charge in [0, 0.05) is 23.1 Å². The quantitative estimate of drug-likeness (QED) is 0.686. The number of fused-ring (bicyclic) bond motifs is 3. The first-order valence-corrected chi connectivity index (χ1v) is 5.18. The number of aromatic amines is 1. The molecule has 1 aromatic heterocycles. The van der Waals surface area contributed by atoms with Crippen molar-refractivity contribution in [2.24, 2.45) is 0 Å². The largest absolute Gasteiger partial charge is 0.356 e. The number of carbonyl (C=O) groups is 1. The summed E-state index contributed by atoms with van der Waals surface area (Å²) in [6, 6.07) is 8.04. The molecule has 0 saturated heterocycles. The summed E-state index contributed by atoms with van der Waals surface area (Å²) in [5.41, 5.74) is 3.46. The minimum Gasteiger partial charge on any atom is -0.356 e. The third-order valence-electron chi connectivity index (χ3n) is 3.03. The summed E-state index contributed by atoms with van der Waals surface area (Å²) in [6.45, 7) is 0.873. The van der Waals surface area contributed by atoms with Gasteiger partial charge in [0.2, 0.25) is 0 Å². The Morgan fingerprint density at radius 1 is 1.33 bits per heavy atom. The lowest BCUT2D eigenvalue weighted by atomic mass is 10.0. The molecule has 76 valence electrons. The SMILES string of the molecule is O=CC1NCCc2c1[nH]c1ccccc21. The molecule has 1 unspecified atom stereocenters. The zero-order valence-electron chi connectivity index (χ0n) is 8.29. The Morgan fingerprint density at radius 3 is 3.07 bits per heavy atom. The molecule has 0 bridgehead atoms. The number of hydrogen-bond donors (Lipinski definition) is 2. The van der Waals surface area contributed by atoms with Crippen LogP contribution in [0.1, 0.15) is 17.3 Å². The van der Waals surface area contributed by atoms with Crippen molar-refractivity contribution in [3.8, 4) is 0 Å². The third kappa shape index (κ3) is 1.20. The van der Waals surface area contributed by atoms with Crippen molar-refractivity contribution in [1.29, 1.82) is 0 Å². The van der Waals surface area contributed by atoms with Gasteiger partial charge in [-0.25, -0.2) is 0 Å². The molecular weight excluding hydrogens is 188 g/mol. The number of para-hydroxylation sites is 1. The molecule has 0 amide bonds. The van der Waals surface area contributed by atoms with Crippen LogP contribution in [-0.2, 0) is 11.2 Å². The highest BCUT2D eigenvalue weighted by atomic mass is 16.1. The zero-order valence-corrected chi connectivity index (χ0v) is 8.29. The average Bonchev–Trinajstić information content (AvgIpc) is 2.67. The maximum Gasteiger partial charge on any atom is 0.142 e. The molecule has 2 aromatic rings. The average molecular weight is 200 g/mol. The standard InChI is InChI=1S/C12H12N2O/c15-7-11-12-9(5-6-13-11)8-3-1-2-4-10(8)14-12/h1-4,7,11,13-14H,5-6H2. The second kappa shape index (κ2) is 3.21. The molecule has 0 saturated carbocycles. The Hall–Kier alpha value is -1.61. The van der Waals surface area contributed by atoms with Gasteiger partial charge in [-0.05, 0) is 18.1 Å². The molecule has 1 aliphatic heterocycles.